The van der Waals surface area contributed by atoms with Gasteiger partial charge in [-0.05, 0) is 32.1 Å². The second kappa shape index (κ2) is 7.71. The molecule has 1 atom stereocenters. The van der Waals surface area contributed by atoms with Gasteiger partial charge in [0.1, 0.15) is 0 Å². The lowest BCUT2D eigenvalue weighted by Crippen LogP contribution is -2.41. The van der Waals surface area contributed by atoms with Crippen molar-refractivity contribution < 1.29 is 13.2 Å². The summed E-state index contributed by atoms with van der Waals surface area (Å²) < 4.78 is 30.9. The molecule has 0 aromatic heterocycles. The van der Waals surface area contributed by atoms with Crippen LogP contribution in [0.4, 0.5) is 0 Å². The van der Waals surface area contributed by atoms with Crippen LogP contribution in [-0.2, 0) is 14.8 Å². The highest BCUT2D eigenvalue weighted by molar-refractivity contribution is 9.09. The van der Waals surface area contributed by atoms with Crippen molar-refractivity contribution in [3.05, 3.63) is 0 Å². The predicted molar refractivity (Wildman–Crippen MR) is 73.0 cm³/mol. The van der Waals surface area contributed by atoms with Crippen molar-refractivity contribution >= 4 is 26.0 Å². The van der Waals surface area contributed by atoms with Gasteiger partial charge in [-0.15, -0.1) is 0 Å². The fourth-order valence-corrected chi connectivity index (χ4v) is 4.19. The lowest BCUT2D eigenvalue weighted by molar-refractivity contribution is 0.161. The number of piperidine rings is 1. The summed E-state index contributed by atoms with van der Waals surface area (Å²) >= 11 is 3.42. The molecule has 0 amide bonds. The van der Waals surface area contributed by atoms with Crippen LogP contribution in [0.25, 0.3) is 0 Å². The summed E-state index contributed by atoms with van der Waals surface area (Å²) in [6.07, 6.45) is 3.17. The zero-order valence-electron chi connectivity index (χ0n) is 10.4. The van der Waals surface area contributed by atoms with Crippen LogP contribution in [0, 0.1) is 5.92 Å². The highest BCUT2D eigenvalue weighted by Crippen LogP contribution is 2.22. The standard InChI is InChI=1S/C11H22BrNO3S/c1-2-16-8-9-17(14,15)13-7-3-4-11(10-13)5-6-12/h11H,2-10H2,1H3. The molecule has 6 heteroatoms. The number of rotatable bonds is 7. The van der Waals surface area contributed by atoms with Gasteiger partial charge in [-0.2, -0.15) is 0 Å². The van der Waals surface area contributed by atoms with Gasteiger partial charge >= 0.3 is 0 Å². The van der Waals surface area contributed by atoms with E-state index in [1.807, 2.05) is 6.92 Å². The van der Waals surface area contributed by atoms with Crippen molar-refractivity contribution in [3.8, 4) is 0 Å². The number of ether oxygens (including phenoxy) is 1. The van der Waals surface area contributed by atoms with Gasteiger partial charge in [0.15, 0.2) is 0 Å². The average molecular weight is 328 g/mol. The summed E-state index contributed by atoms with van der Waals surface area (Å²) in [5.41, 5.74) is 0. The molecule has 1 aliphatic rings. The van der Waals surface area contributed by atoms with E-state index in [1.165, 1.54) is 0 Å². The van der Waals surface area contributed by atoms with Crippen molar-refractivity contribution in [2.75, 3.05) is 37.4 Å². The van der Waals surface area contributed by atoms with Crippen molar-refractivity contribution in [1.29, 1.82) is 0 Å². The molecule has 1 saturated heterocycles. The molecule has 1 unspecified atom stereocenters. The normalized spacial score (nSPS) is 22.8. The van der Waals surface area contributed by atoms with E-state index in [4.69, 9.17) is 4.74 Å². The Bertz CT molecular complexity index is 306. The van der Waals surface area contributed by atoms with Crippen LogP contribution in [-0.4, -0.2) is 50.1 Å². The second-order valence-corrected chi connectivity index (χ2v) is 7.24. The Morgan fingerprint density at radius 3 is 2.88 bits per heavy atom. The summed E-state index contributed by atoms with van der Waals surface area (Å²) in [7, 11) is -3.11. The van der Waals surface area contributed by atoms with E-state index in [0.29, 0.717) is 32.2 Å². The van der Waals surface area contributed by atoms with Crippen LogP contribution in [0.15, 0.2) is 0 Å². The molecule has 0 saturated carbocycles. The third-order valence-corrected chi connectivity index (χ3v) is 5.34. The molecule has 0 radical (unpaired) electrons. The zero-order valence-corrected chi connectivity index (χ0v) is 12.8. The molecule has 1 fully saturated rings. The molecule has 0 aromatic rings. The molecule has 1 heterocycles. The smallest absolute Gasteiger partial charge is 0.216 e. The van der Waals surface area contributed by atoms with E-state index in [9.17, 15) is 8.42 Å². The number of nitrogens with zero attached hydrogens (tertiary/aromatic N) is 1. The summed E-state index contributed by atoms with van der Waals surface area (Å²) in [5, 5.41) is 0.949. The summed E-state index contributed by atoms with van der Waals surface area (Å²) in [5.74, 6) is 0.618. The van der Waals surface area contributed by atoms with Gasteiger partial charge in [-0.1, -0.05) is 15.9 Å². The third-order valence-electron chi connectivity index (χ3n) is 3.08. The van der Waals surface area contributed by atoms with Crippen LogP contribution in [0.5, 0.6) is 0 Å². The minimum Gasteiger partial charge on any atom is -0.381 e. The first kappa shape index (κ1) is 15.4. The van der Waals surface area contributed by atoms with E-state index in [-0.39, 0.29) is 5.75 Å². The van der Waals surface area contributed by atoms with Gasteiger partial charge in [-0.25, -0.2) is 12.7 Å². The molecule has 0 aromatic carbocycles. The lowest BCUT2D eigenvalue weighted by atomic mass is 9.97. The minimum absolute atomic E-state index is 0.113. The monoisotopic (exact) mass is 327 g/mol. The van der Waals surface area contributed by atoms with Crippen molar-refractivity contribution in [2.24, 2.45) is 5.92 Å². The molecule has 0 bridgehead atoms. The third kappa shape index (κ3) is 5.24. The average Bonchev–Trinajstić information content (AvgIpc) is 2.30. The van der Waals surface area contributed by atoms with Crippen LogP contribution < -0.4 is 0 Å². The molecule has 1 rings (SSSR count). The van der Waals surface area contributed by atoms with E-state index in [1.54, 1.807) is 4.31 Å². The van der Waals surface area contributed by atoms with Crippen molar-refractivity contribution in [2.45, 2.75) is 26.2 Å². The van der Waals surface area contributed by atoms with E-state index in [0.717, 1.165) is 24.6 Å². The van der Waals surface area contributed by atoms with E-state index >= 15 is 0 Å². The van der Waals surface area contributed by atoms with Gasteiger partial charge < -0.3 is 4.74 Å². The maximum absolute atomic E-state index is 12.0. The van der Waals surface area contributed by atoms with E-state index in [2.05, 4.69) is 15.9 Å². The number of sulfonamides is 1. The Labute approximate surface area is 113 Å². The van der Waals surface area contributed by atoms with Crippen LogP contribution in [0.1, 0.15) is 26.2 Å². The van der Waals surface area contributed by atoms with Crippen LogP contribution in [0.2, 0.25) is 0 Å². The molecule has 1 aliphatic heterocycles. The number of alkyl halides is 1. The maximum Gasteiger partial charge on any atom is 0.216 e. The molecule has 0 N–H and O–H groups in total. The first-order valence-electron chi connectivity index (χ1n) is 6.21. The fourth-order valence-electron chi connectivity index (χ4n) is 2.11. The summed E-state index contributed by atoms with van der Waals surface area (Å²) in [6, 6.07) is 0. The zero-order chi connectivity index (χ0) is 12.7. The minimum atomic E-state index is -3.11. The van der Waals surface area contributed by atoms with Gasteiger partial charge in [0, 0.05) is 25.0 Å². The predicted octanol–water partition coefficient (Wildman–Crippen LogP) is 1.85. The molecular formula is C11H22BrNO3S. The second-order valence-electron chi connectivity index (χ2n) is 4.36. The number of halogens is 1. The first-order chi connectivity index (χ1) is 8.10. The maximum atomic E-state index is 12.0. The lowest BCUT2D eigenvalue weighted by Gasteiger charge is -2.31. The highest BCUT2D eigenvalue weighted by Gasteiger charge is 2.28. The highest BCUT2D eigenvalue weighted by atomic mass is 79.9. The Morgan fingerprint density at radius 2 is 2.24 bits per heavy atom. The van der Waals surface area contributed by atoms with Crippen molar-refractivity contribution in [3.63, 3.8) is 0 Å². The molecular weight excluding hydrogens is 306 g/mol. The van der Waals surface area contributed by atoms with Crippen LogP contribution in [0.3, 0.4) is 0 Å². The van der Waals surface area contributed by atoms with Gasteiger partial charge in [0.25, 0.3) is 0 Å². The van der Waals surface area contributed by atoms with Gasteiger partial charge in [0.05, 0.1) is 12.4 Å². The Kier molecular flexibility index (Phi) is 6.99. The Hall–Kier alpha value is 0.350. The number of hydrogen-bond acceptors (Lipinski definition) is 3. The van der Waals surface area contributed by atoms with E-state index < -0.39 is 10.0 Å². The van der Waals surface area contributed by atoms with Crippen molar-refractivity contribution in [1.82, 2.24) is 4.31 Å². The SMILES string of the molecule is CCOCCS(=O)(=O)N1CCCC(CCBr)C1. The first-order valence-corrected chi connectivity index (χ1v) is 8.94. The van der Waals surface area contributed by atoms with Gasteiger partial charge in [0.2, 0.25) is 10.0 Å². The Balaban J connectivity index is 2.46. The largest absolute Gasteiger partial charge is 0.381 e. The molecule has 4 nitrogen and oxygen atoms in total. The summed E-state index contributed by atoms with van der Waals surface area (Å²) in [4.78, 5) is 0. The van der Waals surface area contributed by atoms with Gasteiger partial charge in [-0.3, -0.25) is 0 Å². The topological polar surface area (TPSA) is 46.6 Å². The Morgan fingerprint density at radius 1 is 1.47 bits per heavy atom. The molecule has 102 valence electrons. The molecule has 0 spiro atoms. The summed E-state index contributed by atoms with van der Waals surface area (Å²) in [6.45, 7) is 4.10. The fraction of sp³-hybridized carbons (Fsp3) is 1.00. The number of hydrogen-bond donors (Lipinski definition) is 0. The quantitative estimate of drug-likeness (QED) is 0.529. The van der Waals surface area contributed by atoms with Crippen LogP contribution >= 0.6 is 15.9 Å². The molecule has 0 aliphatic carbocycles. The molecule has 17 heavy (non-hydrogen) atoms.